The van der Waals surface area contributed by atoms with Gasteiger partial charge in [-0.2, -0.15) is 0 Å². The van der Waals surface area contributed by atoms with Gasteiger partial charge in [-0.1, -0.05) is 60.3 Å². The Morgan fingerprint density at radius 2 is 1.50 bits per heavy atom. The molecule has 0 aliphatic heterocycles. The van der Waals surface area contributed by atoms with E-state index >= 15 is 0 Å². The SMILES string of the molecule is CC1CC(C)(C)CCC(C)([O-])CC(C)(C2CCCC2)C1. The molecule has 0 radical (unpaired) electrons. The fraction of sp³-hybridized carbons (Fsp3) is 1.00. The molecule has 0 bridgehead atoms. The summed E-state index contributed by atoms with van der Waals surface area (Å²) >= 11 is 0. The van der Waals surface area contributed by atoms with Crippen LogP contribution in [-0.4, -0.2) is 5.60 Å². The Balaban J connectivity index is 2.22. The van der Waals surface area contributed by atoms with Crippen LogP contribution in [0.2, 0.25) is 0 Å². The highest BCUT2D eigenvalue weighted by Gasteiger charge is 2.41. The summed E-state index contributed by atoms with van der Waals surface area (Å²) in [5.41, 5.74) is -0.0997. The first-order valence-corrected chi connectivity index (χ1v) is 8.82. The smallest absolute Gasteiger partial charge is 0.0303 e. The largest absolute Gasteiger partial charge is 0.850 e. The van der Waals surface area contributed by atoms with Crippen molar-refractivity contribution in [2.75, 3.05) is 0 Å². The van der Waals surface area contributed by atoms with Gasteiger partial charge in [0.25, 0.3) is 0 Å². The lowest BCUT2D eigenvalue weighted by molar-refractivity contribution is -0.481. The maximum Gasteiger partial charge on any atom is -0.0303 e. The van der Waals surface area contributed by atoms with E-state index in [2.05, 4.69) is 27.7 Å². The van der Waals surface area contributed by atoms with Crippen molar-refractivity contribution < 1.29 is 5.11 Å². The first kappa shape index (κ1) is 16.3. The lowest BCUT2D eigenvalue weighted by Crippen LogP contribution is -2.47. The molecule has 0 amide bonds. The van der Waals surface area contributed by atoms with Gasteiger partial charge in [-0.25, -0.2) is 0 Å². The van der Waals surface area contributed by atoms with Gasteiger partial charge in [0.2, 0.25) is 0 Å². The molecular weight excluding hydrogens is 244 g/mol. The molecule has 0 N–H and O–H groups in total. The molecule has 118 valence electrons. The molecule has 20 heavy (non-hydrogen) atoms. The highest BCUT2D eigenvalue weighted by Crippen LogP contribution is 2.51. The van der Waals surface area contributed by atoms with Crippen LogP contribution in [0.4, 0.5) is 0 Å². The minimum absolute atomic E-state index is 0.285. The molecule has 0 aromatic carbocycles. The summed E-state index contributed by atoms with van der Waals surface area (Å²) in [6.07, 6.45) is 10.9. The van der Waals surface area contributed by atoms with Crippen molar-refractivity contribution in [1.29, 1.82) is 0 Å². The van der Waals surface area contributed by atoms with E-state index in [-0.39, 0.29) is 5.41 Å². The lowest BCUT2D eigenvalue weighted by Gasteiger charge is -2.48. The van der Waals surface area contributed by atoms with Crippen LogP contribution in [0.15, 0.2) is 0 Å². The van der Waals surface area contributed by atoms with Gasteiger partial charge in [0.1, 0.15) is 0 Å². The lowest BCUT2D eigenvalue weighted by atomic mass is 9.65. The summed E-state index contributed by atoms with van der Waals surface area (Å²) < 4.78 is 0. The molecule has 2 saturated carbocycles. The van der Waals surface area contributed by atoms with Gasteiger partial charge in [-0.3, -0.25) is 0 Å². The Kier molecular flexibility index (Phi) is 4.60. The molecule has 2 fully saturated rings. The highest BCUT2D eigenvalue weighted by molar-refractivity contribution is 4.94. The summed E-state index contributed by atoms with van der Waals surface area (Å²) in [7, 11) is 0. The van der Waals surface area contributed by atoms with Gasteiger partial charge in [0, 0.05) is 0 Å². The zero-order chi connectivity index (χ0) is 15.0. The van der Waals surface area contributed by atoms with Crippen molar-refractivity contribution in [2.24, 2.45) is 22.7 Å². The summed E-state index contributed by atoms with van der Waals surface area (Å²) in [6, 6.07) is 0. The third kappa shape index (κ3) is 4.00. The van der Waals surface area contributed by atoms with Crippen molar-refractivity contribution in [1.82, 2.24) is 0 Å². The minimum atomic E-state index is -0.724. The zero-order valence-electron chi connectivity index (χ0n) is 14.4. The maximum absolute atomic E-state index is 13.0. The molecule has 0 saturated heterocycles. The van der Waals surface area contributed by atoms with Crippen LogP contribution in [-0.2, 0) is 0 Å². The molecule has 1 heteroatoms. The standard InChI is InChI=1S/C19H35O/c1-15-12-17(2,3)10-11-19(5,20)14-18(4,13-15)16-8-6-7-9-16/h15-16H,6-14H2,1-5H3/q-1. The Morgan fingerprint density at radius 1 is 0.900 bits per heavy atom. The van der Waals surface area contributed by atoms with Gasteiger partial charge in [-0.05, 0) is 54.8 Å². The summed E-state index contributed by atoms with van der Waals surface area (Å²) in [4.78, 5) is 0. The third-order valence-electron chi connectivity index (χ3n) is 6.16. The van der Waals surface area contributed by atoms with E-state index in [0.717, 1.165) is 31.1 Å². The summed E-state index contributed by atoms with van der Waals surface area (Å²) in [5, 5.41) is 13.0. The average Bonchev–Trinajstić information content (AvgIpc) is 2.78. The van der Waals surface area contributed by atoms with Gasteiger partial charge in [0.05, 0.1) is 0 Å². The maximum atomic E-state index is 13.0. The van der Waals surface area contributed by atoms with Crippen molar-refractivity contribution in [3.05, 3.63) is 0 Å². The second-order valence-electron chi connectivity index (χ2n) is 9.44. The Bertz CT molecular complexity index is 325. The monoisotopic (exact) mass is 279 g/mol. The molecule has 2 rings (SSSR count). The predicted molar refractivity (Wildman–Crippen MR) is 84.5 cm³/mol. The molecule has 3 atom stereocenters. The quantitative estimate of drug-likeness (QED) is 0.667. The highest BCUT2D eigenvalue weighted by atomic mass is 16.3. The molecule has 0 heterocycles. The second-order valence-corrected chi connectivity index (χ2v) is 9.44. The first-order chi connectivity index (χ1) is 9.12. The topological polar surface area (TPSA) is 23.1 Å². The fourth-order valence-electron chi connectivity index (χ4n) is 5.46. The molecule has 0 aromatic rings. The van der Waals surface area contributed by atoms with E-state index in [9.17, 15) is 5.11 Å². The van der Waals surface area contributed by atoms with E-state index in [4.69, 9.17) is 0 Å². The van der Waals surface area contributed by atoms with Crippen molar-refractivity contribution in [3.8, 4) is 0 Å². The van der Waals surface area contributed by atoms with Crippen LogP contribution in [0.5, 0.6) is 0 Å². The zero-order valence-corrected chi connectivity index (χ0v) is 14.4. The molecule has 2 aliphatic rings. The Morgan fingerprint density at radius 3 is 2.10 bits per heavy atom. The van der Waals surface area contributed by atoms with Gasteiger partial charge in [0.15, 0.2) is 0 Å². The molecule has 0 spiro atoms. The van der Waals surface area contributed by atoms with Gasteiger partial charge >= 0.3 is 0 Å². The number of hydrogen-bond acceptors (Lipinski definition) is 1. The normalized spacial score (nSPS) is 43.8. The molecule has 1 nitrogen and oxygen atoms in total. The van der Waals surface area contributed by atoms with E-state index in [1.54, 1.807) is 0 Å². The first-order valence-electron chi connectivity index (χ1n) is 8.82. The number of hydrogen-bond donors (Lipinski definition) is 0. The Hall–Kier alpha value is -0.0400. The number of rotatable bonds is 1. The minimum Gasteiger partial charge on any atom is -0.850 e. The van der Waals surface area contributed by atoms with Gasteiger partial charge < -0.3 is 5.11 Å². The average molecular weight is 279 g/mol. The van der Waals surface area contributed by atoms with Crippen LogP contribution in [0.3, 0.4) is 0 Å². The van der Waals surface area contributed by atoms with Crippen LogP contribution in [0, 0.1) is 22.7 Å². The van der Waals surface area contributed by atoms with E-state index < -0.39 is 5.60 Å². The molecule has 2 aliphatic carbocycles. The van der Waals surface area contributed by atoms with Crippen LogP contribution in [0.1, 0.15) is 92.4 Å². The van der Waals surface area contributed by atoms with E-state index in [0.29, 0.717) is 5.41 Å². The van der Waals surface area contributed by atoms with Crippen molar-refractivity contribution in [2.45, 2.75) is 98.0 Å². The molecule has 3 unspecified atom stereocenters. The summed E-state index contributed by atoms with van der Waals surface area (Å²) in [5.74, 6) is 1.56. The van der Waals surface area contributed by atoms with Crippen LogP contribution in [0.25, 0.3) is 0 Å². The Labute approximate surface area is 126 Å². The second kappa shape index (κ2) is 5.63. The predicted octanol–water partition coefficient (Wildman–Crippen LogP) is 4.93. The third-order valence-corrected chi connectivity index (χ3v) is 6.16. The molecule has 0 aromatic heterocycles. The summed E-state index contributed by atoms with van der Waals surface area (Å²) in [6.45, 7) is 11.6. The van der Waals surface area contributed by atoms with Gasteiger partial charge in [-0.15, -0.1) is 5.60 Å². The van der Waals surface area contributed by atoms with Crippen molar-refractivity contribution in [3.63, 3.8) is 0 Å². The van der Waals surface area contributed by atoms with E-state index in [1.165, 1.54) is 38.5 Å². The van der Waals surface area contributed by atoms with E-state index in [1.807, 2.05) is 6.92 Å². The fourth-order valence-corrected chi connectivity index (χ4v) is 5.46. The van der Waals surface area contributed by atoms with Crippen LogP contribution >= 0.6 is 0 Å². The molecular formula is C19H35O-. The van der Waals surface area contributed by atoms with Crippen molar-refractivity contribution >= 4 is 0 Å². The van der Waals surface area contributed by atoms with Crippen LogP contribution < -0.4 is 5.11 Å².